The third-order valence-electron chi connectivity index (χ3n) is 8.66. The standard InChI is InChI=1S/C31H44N10O2/c1-38-18-20-39(21-19-38)30-13-5-11-28-36-25(27(23-42)41(28)30)22-40(26-10-4-8-24-9-6-15-34-31(24)26)17-3-2-14-33-29(43)12-7-16-35-37-32/h5-6,9,11,13,15,26,42H,2-4,7-8,10,12,14,16-23H2,1H3,(H,33,43)/t26-/m1/s1. The Morgan fingerprint density at radius 1 is 1.19 bits per heavy atom. The summed E-state index contributed by atoms with van der Waals surface area (Å²) in [5.41, 5.74) is 13.5. The van der Waals surface area contributed by atoms with Gasteiger partial charge in [0.15, 0.2) is 0 Å². The smallest absolute Gasteiger partial charge is 0.219 e. The van der Waals surface area contributed by atoms with Crippen molar-refractivity contribution in [3.8, 4) is 0 Å². The lowest BCUT2D eigenvalue weighted by molar-refractivity contribution is -0.121. The minimum absolute atomic E-state index is 0.0103. The summed E-state index contributed by atoms with van der Waals surface area (Å²) in [6.45, 7) is 6.20. The molecule has 12 nitrogen and oxygen atoms in total. The number of rotatable bonds is 14. The molecule has 3 aromatic rings. The van der Waals surface area contributed by atoms with E-state index < -0.39 is 0 Å². The van der Waals surface area contributed by atoms with Crippen molar-refractivity contribution >= 4 is 17.4 Å². The number of hydrogen-bond donors (Lipinski definition) is 2. The summed E-state index contributed by atoms with van der Waals surface area (Å²) in [6.07, 6.45) is 7.75. The molecule has 1 saturated heterocycles. The molecule has 0 radical (unpaired) electrons. The highest BCUT2D eigenvalue weighted by molar-refractivity contribution is 5.75. The van der Waals surface area contributed by atoms with Crippen LogP contribution in [-0.2, 0) is 24.4 Å². The number of aliphatic hydroxyl groups excluding tert-OH is 1. The Bertz CT molecular complexity index is 1410. The van der Waals surface area contributed by atoms with Crippen LogP contribution in [0.2, 0.25) is 0 Å². The Kier molecular flexibility index (Phi) is 10.8. The molecule has 0 bridgehead atoms. The molecule has 3 aromatic heterocycles. The highest BCUT2D eigenvalue weighted by atomic mass is 16.3. The fourth-order valence-corrected chi connectivity index (χ4v) is 6.34. The van der Waals surface area contributed by atoms with Crippen molar-refractivity contribution in [2.45, 2.75) is 64.1 Å². The van der Waals surface area contributed by atoms with Crippen molar-refractivity contribution in [1.82, 2.24) is 29.5 Å². The van der Waals surface area contributed by atoms with Crippen molar-refractivity contribution in [1.29, 1.82) is 0 Å². The number of carbonyl (C=O) groups is 1. The number of fused-ring (bicyclic) bond motifs is 2. The molecule has 1 aliphatic heterocycles. The Morgan fingerprint density at radius 3 is 2.86 bits per heavy atom. The number of amides is 1. The van der Waals surface area contributed by atoms with Crippen LogP contribution in [0.5, 0.6) is 0 Å². The second-order valence-electron chi connectivity index (χ2n) is 11.6. The van der Waals surface area contributed by atoms with E-state index >= 15 is 0 Å². The maximum Gasteiger partial charge on any atom is 0.219 e. The molecule has 4 heterocycles. The average molecular weight is 589 g/mol. The van der Waals surface area contributed by atoms with Crippen LogP contribution < -0.4 is 10.2 Å². The molecule has 0 spiro atoms. The molecular formula is C31H44N10O2. The summed E-state index contributed by atoms with van der Waals surface area (Å²) in [4.78, 5) is 32.0. The highest BCUT2D eigenvalue weighted by Gasteiger charge is 2.29. The van der Waals surface area contributed by atoms with Crippen molar-refractivity contribution in [3.63, 3.8) is 0 Å². The number of aromatic nitrogens is 3. The van der Waals surface area contributed by atoms with Crippen LogP contribution in [0.1, 0.15) is 67.2 Å². The average Bonchev–Trinajstić information content (AvgIpc) is 3.40. The van der Waals surface area contributed by atoms with E-state index in [1.807, 2.05) is 18.3 Å². The van der Waals surface area contributed by atoms with Gasteiger partial charge in [0.1, 0.15) is 11.5 Å². The fraction of sp³-hybridized carbons (Fsp3) is 0.581. The van der Waals surface area contributed by atoms with Gasteiger partial charge >= 0.3 is 0 Å². The first-order valence-corrected chi connectivity index (χ1v) is 15.6. The summed E-state index contributed by atoms with van der Waals surface area (Å²) in [7, 11) is 2.15. The van der Waals surface area contributed by atoms with Gasteiger partial charge in [0.2, 0.25) is 5.91 Å². The topological polar surface area (TPSA) is 138 Å². The van der Waals surface area contributed by atoms with E-state index in [2.05, 4.69) is 59.7 Å². The SMILES string of the molecule is CN1CCN(c2cccc3nc(CN(CCCCNC(=O)CCCN=[N+]=[N-])[C@@H]4CCCc5cccnc54)c(CO)n23)CC1. The van der Waals surface area contributed by atoms with E-state index in [1.165, 1.54) is 5.56 Å². The first kappa shape index (κ1) is 30.7. The second kappa shape index (κ2) is 15.2. The fourth-order valence-electron chi connectivity index (χ4n) is 6.34. The molecule has 43 heavy (non-hydrogen) atoms. The molecule has 230 valence electrons. The van der Waals surface area contributed by atoms with Crippen molar-refractivity contribution in [3.05, 3.63) is 69.6 Å². The van der Waals surface area contributed by atoms with Crippen LogP contribution in [0.4, 0.5) is 5.82 Å². The van der Waals surface area contributed by atoms with Crippen LogP contribution in [-0.4, -0.2) is 88.0 Å². The number of nitrogens with one attached hydrogen (secondary N) is 1. The summed E-state index contributed by atoms with van der Waals surface area (Å²) >= 11 is 0. The lowest BCUT2D eigenvalue weighted by atomic mass is 9.90. The predicted molar refractivity (Wildman–Crippen MR) is 167 cm³/mol. The largest absolute Gasteiger partial charge is 0.390 e. The van der Waals surface area contributed by atoms with E-state index in [0.717, 1.165) is 93.4 Å². The van der Waals surface area contributed by atoms with Crippen LogP contribution >= 0.6 is 0 Å². The van der Waals surface area contributed by atoms with Crippen LogP contribution in [0, 0.1) is 0 Å². The van der Waals surface area contributed by atoms with Gasteiger partial charge < -0.3 is 20.2 Å². The van der Waals surface area contributed by atoms with Crippen molar-refractivity contribution < 1.29 is 9.90 Å². The number of unbranched alkanes of at least 4 members (excludes halogenated alkanes) is 1. The van der Waals surface area contributed by atoms with E-state index in [0.29, 0.717) is 32.5 Å². The first-order valence-electron chi connectivity index (χ1n) is 15.6. The van der Waals surface area contributed by atoms with Crippen LogP contribution in [0.3, 0.4) is 0 Å². The van der Waals surface area contributed by atoms with Gasteiger partial charge in [0.25, 0.3) is 0 Å². The summed E-state index contributed by atoms with van der Waals surface area (Å²) < 4.78 is 2.14. The van der Waals surface area contributed by atoms with E-state index in [9.17, 15) is 9.90 Å². The zero-order valence-corrected chi connectivity index (χ0v) is 25.2. The third-order valence-corrected chi connectivity index (χ3v) is 8.66. The molecule has 0 unspecified atom stereocenters. The quantitative estimate of drug-likeness (QED) is 0.126. The minimum Gasteiger partial charge on any atom is -0.390 e. The zero-order valence-electron chi connectivity index (χ0n) is 25.2. The Morgan fingerprint density at radius 2 is 2.05 bits per heavy atom. The molecule has 1 amide bonds. The van der Waals surface area contributed by atoms with Gasteiger partial charge in [-0.15, -0.1) is 0 Å². The molecule has 1 fully saturated rings. The molecule has 1 aliphatic carbocycles. The van der Waals surface area contributed by atoms with E-state index in [1.54, 1.807) is 0 Å². The summed E-state index contributed by atoms with van der Waals surface area (Å²) in [5.74, 6) is 1.07. The van der Waals surface area contributed by atoms with Gasteiger partial charge in [0.05, 0.1) is 29.7 Å². The number of hydrogen-bond acceptors (Lipinski definition) is 8. The molecular weight excluding hydrogens is 544 g/mol. The number of likely N-dealkylation sites (N-methyl/N-ethyl adjacent to an activating group) is 1. The summed E-state index contributed by atoms with van der Waals surface area (Å²) in [6, 6.07) is 10.6. The molecule has 0 aromatic carbocycles. The number of azide groups is 1. The monoisotopic (exact) mass is 588 g/mol. The number of aliphatic hydroxyl groups is 1. The Labute approximate surface area is 253 Å². The predicted octanol–water partition coefficient (Wildman–Crippen LogP) is 3.84. The molecule has 5 rings (SSSR count). The lowest BCUT2D eigenvalue weighted by Crippen LogP contribution is -2.45. The molecule has 12 heteroatoms. The minimum atomic E-state index is -0.0830. The normalized spacial score (nSPS) is 17.2. The zero-order chi connectivity index (χ0) is 30.0. The van der Waals surface area contributed by atoms with Gasteiger partial charge in [0, 0.05) is 63.3 Å². The molecule has 2 aliphatic rings. The van der Waals surface area contributed by atoms with Gasteiger partial charge in [-0.3, -0.25) is 19.1 Å². The second-order valence-corrected chi connectivity index (χ2v) is 11.6. The number of pyridine rings is 2. The molecule has 0 saturated carbocycles. The maximum absolute atomic E-state index is 12.1. The van der Waals surface area contributed by atoms with Gasteiger partial charge in [-0.05, 0) is 81.4 Å². The van der Waals surface area contributed by atoms with Crippen LogP contribution in [0.25, 0.3) is 16.1 Å². The highest BCUT2D eigenvalue weighted by Crippen LogP contribution is 2.34. The number of nitrogens with zero attached hydrogens (tertiary/aromatic N) is 9. The number of imidazole rings is 1. The van der Waals surface area contributed by atoms with Crippen molar-refractivity contribution in [2.75, 3.05) is 57.8 Å². The van der Waals surface area contributed by atoms with E-state index in [-0.39, 0.29) is 18.6 Å². The molecule has 2 N–H and O–H groups in total. The number of aryl methyl sites for hydroxylation is 1. The first-order chi connectivity index (χ1) is 21.1. The van der Waals surface area contributed by atoms with E-state index in [4.69, 9.17) is 15.5 Å². The Balaban J connectivity index is 1.33. The van der Waals surface area contributed by atoms with Gasteiger partial charge in [-0.1, -0.05) is 17.2 Å². The van der Waals surface area contributed by atoms with Gasteiger partial charge in [-0.2, -0.15) is 0 Å². The van der Waals surface area contributed by atoms with Crippen molar-refractivity contribution in [2.24, 2.45) is 5.11 Å². The Hall–Kier alpha value is -3.70. The number of carbonyl (C=O) groups excluding carboxylic acids is 1. The molecule has 1 atom stereocenters. The number of anilines is 1. The third kappa shape index (κ3) is 7.64. The lowest BCUT2D eigenvalue weighted by Gasteiger charge is -2.35. The maximum atomic E-state index is 12.1. The number of piperazine rings is 1. The summed E-state index contributed by atoms with van der Waals surface area (Å²) in [5, 5.41) is 17.1. The van der Waals surface area contributed by atoms with Crippen LogP contribution in [0.15, 0.2) is 41.6 Å². The van der Waals surface area contributed by atoms with Gasteiger partial charge in [-0.25, -0.2) is 4.98 Å².